The Hall–Kier alpha value is 0.570. The van der Waals surface area contributed by atoms with E-state index < -0.39 is 3.79 Å². The summed E-state index contributed by atoms with van der Waals surface area (Å²) in [6.07, 6.45) is 6.04. The molecule has 0 aromatic carbocycles. The zero-order valence-electron chi connectivity index (χ0n) is 8.89. The molecule has 0 aromatic heterocycles. The van der Waals surface area contributed by atoms with Gasteiger partial charge in [-0.25, -0.2) is 0 Å². The van der Waals surface area contributed by atoms with E-state index >= 15 is 0 Å². The number of halogens is 3. The lowest BCUT2D eigenvalue weighted by atomic mass is 9.88. The highest BCUT2D eigenvalue weighted by molar-refractivity contribution is 6.68. The molecule has 0 amide bonds. The van der Waals surface area contributed by atoms with Crippen LogP contribution >= 0.6 is 34.8 Å². The maximum absolute atomic E-state index is 5.92. The molecule has 1 fully saturated rings. The number of rotatable bonds is 4. The van der Waals surface area contributed by atoms with Gasteiger partial charge in [0.25, 0.3) is 0 Å². The van der Waals surface area contributed by atoms with Crippen LogP contribution in [0, 0.1) is 11.8 Å². The van der Waals surface area contributed by atoms with Gasteiger partial charge in [-0.15, -0.1) is 6.58 Å². The number of ether oxygens (including phenoxy) is 1. The minimum atomic E-state index is -1.33. The van der Waals surface area contributed by atoms with Crippen molar-refractivity contribution in [2.24, 2.45) is 11.8 Å². The van der Waals surface area contributed by atoms with E-state index in [0.717, 1.165) is 12.8 Å². The molecule has 0 unspecified atom stereocenters. The maximum Gasteiger partial charge on any atom is 0.216 e. The van der Waals surface area contributed by atoms with E-state index in [4.69, 9.17) is 39.5 Å². The average Bonchev–Trinajstić information content (AvgIpc) is 2.53. The van der Waals surface area contributed by atoms with Crippen LogP contribution in [0.2, 0.25) is 0 Å². The van der Waals surface area contributed by atoms with Crippen LogP contribution in [0.25, 0.3) is 0 Å². The molecular weight excluding hydrogens is 254 g/mol. The Bertz CT molecular complexity index is 212. The summed E-state index contributed by atoms with van der Waals surface area (Å²) in [6.45, 7) is 3.77. The summed E-state index contributed by atoms with van der Waals surface area (Å²) in [5.74, 6) is 0.878. The molecule has 1 rings (SSSR count). The van der Waals surface area contributed by atoms with Crippen molar-refractivity contribution in [3.8, 4) is 0 Å². The Morgan fingerprint density at radius 2 is 2.13 bits per heavy atom. The highest BCUT2D eigenvalue weighted by atomic mass is 35.6. The van der Waals surface area contributed by atoms with Crippen LogP contribution in [0.5, 0.6) is 0 Å². The SMILES string of the molecule is C=CC[C@H]1CCC[C@@H]1[C@@H](OC)C(Cl)(Cl)Cl. The van der Waals surface area contributed by atoms with Crippen molar-refractivity contribution in [2.45, 2.75) is 35.6 Å². The van der Waals surface area contributed by atoms with E-state index in [-0.39, 0.29) is 6.10 Å². The summed E-state index contributed by atoms with van der Waals surface area (Å²) >= 11 is 17.8. The molecule has 15 heavy (non-hydrogen) atoms. The Morgan fingerprint density at radius 1 is 1.47 bits per heavy atom. The van der Waals surface area contributed by atoms with E-state index in [0.29, 0.717) is 11.8 Å². The lowest BCUT2D eigenvalue weighted by Crippen LogP contribution is -2.37. The van der Waals surface area contributed by atoms with Gasteiger partial charge in [0.2, 0.25) is 3.79 Å². The first kappa shape index (κ1) is 13.6. The molecular formula is C11H17Cl3O. The van der Waals surface area contributed by atoms with E-state index in [1.54, 1.807) is 7.11 Å². The monoisotopic (exact) mass is 270 g/mol. The number of alkyl halides is 3. The van der Waals surface area contributed by atoms with Crippen molar-refractivity contribution >= 4 is 34.8 Å². The van der Waals surface area contributed by atoms with Crippen LogP contribution in [-0.4, -0.2) is 17.0 Å². The van der Waals surface area contributed by atoms with Gasteiger partial charge < -0.3 is 4.74 Å². The van der Waals surface area contributed by atoms with Crippen LogP contribution in [0.4, 0.5) is 0 Å². The standard InChI is InChI=1S/C11H17Cl3O/c1-3-5-8-6-4-7-9(8)10(15-2)11(12,13)14/h3,8-10H,1,4-7H2,2H3/t8-,9-,10+/m0/s1. The summed E-state index contributed by atoms with van der Waals surface area (Å²) < 4.78 is 4.01. The number of methoxy groups -OCH3 is 1. The summed E-state index contributed by atoms with van der Waals surface area (Å²) in [5, 5.41) is 0. The number of hydrogen-bond acceptors (Lipinski definition) is 1. The fraction of sp³-hybridized carbons (Fsp3) is 0.818. The fourth-order valence-electron chi connectivity index (χ4n) is 2.52. The van der Waals surface area contributed by atoms with Gasteiger partial charge in [-0.3, -0.25) is 0 Å². The molecule has 1 saturated carbocycles. The van der Waals surface area contributed by atoms with E-state index in [2.05, 4.69) is 6.58 Å². The lowest BCUT2D eigenvalue weighted by molar-refractivity contribution is 0.0397. The van der Waals surface area contributed by atoms with Gasteiger partial charge in [0.15, 0.2) is 0 Å². The van der Waals surface area contributed by atoms with E-state index in [1.807, 2.05) is 6.08 Å². The molecule has 1 aliphatic rings. The van der Waals surface area contributed by atoms with Gasteiger partial charge in [0.1, 0.15) is 6.10 Å². The van der Waals surface area contributed by atoms with Crippen molar-refractivity contribution in [3.63, 3.8) is 0 Å². The minimum absolute atomic E-state index is 0.310. The van der Waals surface area contributed by atoms with Gasteiger partial charge in [-0.2, -0.15) is 0 Å². The molecule has 0 bridgehead atoms. The summed E-state index contributed by atoms with van der Waals surface area (Å²) in [7, 11) is 1.61. The molecule has 0 saturated heterocycles. The first-order chi connectivity index (χ1) is 7.00. The van der Waals surface area contributed by atoms with Crippen molar-refractivity contribution in [1.29, 1.82) is 0 Å². The number of hydrogen-bond donors (Lipinski definition) is 0. The Kier molecular flexibility index (Phi) is 5.24. The minimum Gasteiger partial charge on any atom is -0.377 e. The largest absolute Gasteiger partial charge is 0.377 e. The molecule has 0 heterocycles. The molecule has 0 N–H and O–H groups in total. The van der Waals surface area contributed by atoms with Crippen LogP contribution in [0.15, 0.2) is 12.7 Å². The predicted molar refractivity (Wildman–Crippen MR) is 66.7 cm³/mol. The molecule has 0 radical (unpaired) electrons. The number of allylic oxidation sites excluding steroid dienone is 1. The lowest BCUT2D eigenvalue weighted by Gasteiger charge is -2.32. The Labute approximate surface area is 107 Å². The van der Waals surface area contributed by atoms with Crippen LogP contribution in [0.3, 0.4) is 0 Å². The third-order valence-electron chi connectivity index (χ3n) is 3.15. The van der Waals surface area contributed by atoms with E-state index in [9.17, 15) is 0 Å². The van der Waals surface area contributed by atoms with Crippen LogP contribution < -0.4 is 0 Å². The smallest absolute Gasteiger partial charge is 0.216 e. The first-order valence-corrected chi connectivity index (χ1v) is 6.34. The van der Waals surface area contributed by atoms with Gasteiger partial charge in [0.05, 0.1) is 0 Å². The van der Waals surface area contributed by atoms with Crippen LogP contribution in [0.1, 0.15) is 25.7 Å². The van der Waals surface area contributed by atoms with Crippen molar-refractivity contribution in [3.05, 3.63) is 12.7 Å². The normalized spacial score (nSPS) is 29.1. The summed E-state index contributed by atoms with van der Waals surface area (Å²) in [4.78, 5) is 0. The first-order valence-electron chi connectivity index (χ1n) is 5.21. The fourth-order valence-corrected chi connectivity index (χ4v) is 3.27. The maximum atomic E-state index is 5.92. The molecule has 0 aliphatic heterocycles. The zero-order valence-corrected chi connectivity index (χ0v) is 11.2. The Morgan fingerprint density at radius 3 is 2.60 bits per heavy atom. The molecule has 1 nitrogen and oxygen atoms in total. The van der Waals surface area contributed by atoms with Crippen molar-refractivity contribution in [1.82, 2.24) is 0 Å². The summed E-state index contributed by atoms with van der Waals surface area (Å²) in [5.41, 5.74) is 0. The molecule has 0 aromatic rings. The van der Waals surface area contributed by atoms with E-state index in [1.165, 1.54) is 12.8 Å². The average molecular weight is 272 g/mol. The van der Waals surface area contributed by atoms with Crippen molar-refractivity contribution in [2.75, 3.05) is 7.11 Å². The topological polar surface area (TPSA) is 9.23 Å². The van der Waals surface area contributed by atoms with Gasteiger partial charge in [-0.1, -0.05) is 47.3 Å². The molecule has 0 spiro atoms. The quantitative estimate of drug-likeness (QED) is 0.545. The third-order valence-corrected chi connectivity index (χ3v) is 3.80. The van der Waals surface area contributed by atoms with Gasteiger partial charge >= 0.3 is 0 Å². The van der Waals surface area contributed by atoms with Gasteiger partial charge in [0, 0.05) is 7.11 Å². The van der Waals surface area contributed by atoms with Gasteiger partial charge in [-0.05, 0) is 31.1 Å². The second-order valence-electron chi connectivity index (χ2n) is 4.08. The molecule has 1 aliphatic carbocycles. The Balaban J connectivity index is 2.70. The highest BCUT2D eigenvalue weighted by Gasteiger charge is 2.43. The zero-order chi connectivity index (χ0) is 11.5. The van der Waals surface area contributed by atoms with Crippen molar-refractivity contribution < 1.29 is 4.74 Å². The molecule has 4 heteroatoms. The molecule has 3 atom stereocenters. The summed E-state index contributed by atoms with van der Waals surface area (Å²) in [6, 6.07) is 0. The highest BCUT2D eigenvalue weighted by Crippen LogP contribution is 2.45. The second kappa shape index (κ2) is 5.77. The van der Waals surface area contributed by atoms with Crippen LogP contribution in [-0.2, 0) is 4.74 Å². The molecule has 88 valence electrons. The predicted octanol–water partition coefficient (Wildman–Crippen LogP) is 4.36. The second-order valence-corrected chi connectivity index (χ2v) is 6.45. The third kappa shape index (κ3) is 3.52.